The SMILES string of the molecule is C[C@@H]1Oc2ccc(NC(=O)CCNC(=O)/C=C/c3ccccc3)cc2NC1=O. The van der Waals surface area contributed by atoms with Crippen molar-refractivity contribution in [1.29, 1.82) is 0 Å². The van der Waals surface area contributed by atoms with Crippen LogP contribution in [0.2, 0.25) is 0 Å². The van der Waals surface area contributed by atoms with Gasteiger partial charge in [0.1, 0.15) is 5.75 Å². The monoisotopic (exact) mass is 379 g/mol. The van der Waals surface area contributed by atoms with E-state index in [1.165, 1.54) is 6.08 Å². The van der Waals surface area contributed by atoms with E-state index in [2.05, 4.69) is 16.0 Å². The fourth-order valence-electron chi connectivity index (χ4n) is 2.60. The van der Waals surface area contributed by atoms with E-state index in [-0.39, 0.29) is 30.7 Å². The van der Waals surface area contributed by atoms with Crippen molar-refractivity contribution in [3.05, 3.63) is 60.2 Å². The van der Waals surface area contributed by atoms with Gasteiger partial charge in [0, 0.05) is 24.7 Å². The first-order chi connectivity index (χ1) is 13.5. The van der Waals surface area contributed by atoms with Crippen molar-refractivity contribution in [2.45, 2.75) is 19.4 Å². The highest BCUT2D eigenvalue weighted by Crippen LogP contribution is 2.32. The summed E-state index contributed by atoms with van der Waals surface area (Å²) in [5, 5.41) is 8.13. The molecule has 3 amide bonds. The van der Waals surface area contributed by atoms with Gasteiger partial charge in [-0.2, -0.15) is 0 Å². The lowest BCUT2D eigenvalue weighted by molar-refractivity contribution is -0.122. The van der Waals surface area contributed by atoms with Crippen molar-refractivity contribution in [1.82, 2.24) is 5.32 Å². The first kappa shape index (κ1) is 19.2. The van der Waals surface area contributed by atoms with Crippen LogP contribution in [0.25, 0.3) is 6.08 Å². The zero-order valence-electron chi connectivity index (χ0n) is 15.4. The van der Waals surface area contributed by atoms with Crippen molar-refractivity contribution in [3.8, 4) is 5.75 Å². The molecule has 3 N–H and O–H groups in total. The van der Waals surface area contributed by atoms with Gasteiger partial charge in [0.05, 0.1) is 5.69 Å². The lowest BCUT2D eigenvalue weighted by Crippen LogP contribution is -2.34. The number of anilines is 2. The van der Waals surface area contributed by atoms with Gasteiger partial charge in [-0.05, 0) is 36.8 Å². The zero-order valence-corrected chi connectivity index (χ0v) is 15.4. The number of carbonyl (C=O) groups excluding carboxylic acids is 3. The van der Waals surface area contributed by atoms with Crippen LogP contribution in [-0.2, 0) is 14.4 Å². The normalized spacial score (nSPS) is 15.3. The molecule has 0 unspecified atom stereocenters. The van der Waals surface area contributed by atoms with Gasteiger partial charge in [-0.15, -0.1) is 0 Å². The molecular weight excluding hydrogens is 358 g/mol. The standard InChI is InChI=1S/C21H21N3O4/c1-14-21(27)24-17-13-16(8-9-18(17)28-14)23-20(26)11-12-22-19(25)10-7-15-5-3-2-4-6-15/h2-10,13-14H,11-12H2,1H3,(H,22,25)(H,23,26)(H,24,27)/b10-7+/t14-/m0/s1. The molecule has 0 fully saturated rings. The Morgan fingerprint density at radius 1 is 1.18 bits per heavy atom. The Kier molecular flexibility index (Phi) is 6.06. The van der Waals surface area contributed by atoms with Gasteiger partial charge in [0.2, 0.25) is 11.8 Å². The maximum absolute atomic E-state index is 12.1. The summed E-state index contributed by atoms with van der Waals surface area (Å²) in [4.78, 5) is 35.5. The quantitative estimate of drug-likeness (QED) is 0.672. The Bertz CT molecular complexity index is 909. The molecule has 28 heavy (non-hydrogen) atoms. The van der Waals surface area contributed by atoms with Crippen LogP contribution >= 0.6 is 0 Å². The van der Waals surface area contributed by atoms with Crippen molar-refractivity contribution in [3.63, 3.8) is 0 Å². The van der Waals surface area contributed by atoms with E-state index in [1.54, 1.807) is 31.2 Å². The largest absolute Gasteiger partial charge is 0.479 e. The van der Waals surface area contributed by atoms with Gasteiger partial charge in [-0.3, -0.25) is 14.4 Å². The fourth-order valence-corrected chi connectivity index (χ4v) is 2.60. The van der Waals surface area contributed by atoms with Crippen molar-refractivity contribution in [2.75, 3.05) is 17.2 Å². The van der Waals surface area contributed by atoms with E-state index in [0.717, 1.165) is 5.56 Å². The second-order valence-electron chi connectivity index (χ2n) is 6.29. The summed E-state index contributed by atoms with van der Waals surface area (Å²) in [6, 6.07) is 14.5. The van der Waals surface area contributed by atoms with Gasteiger partial charge >= 0.3 is 0 Å². The van der Waals surface area contributed by atoms with Crippen molar-refractivity contribution >= 4 is 35.2 Å². The minimum atomic E-state index is -0.549. The highest BCUT2D eigenvalue weighted by Gasteiger charge is 2.23. The third-order valence-corrected chi connectivity index (χ3v) is 4.07. The summed E-state index contributed by atoms with van der Waals surface area (Å²) in [7, 11) is 0. The summed E-state index contributed by atoms with van der Waals surface area (Å²) < 4.78 is 5.47. The second-order valence-corrected chi connectivity index (χ2v) is 6.29. The van der Waals surface area contributed by atoms with Crippen LogP contribution in [0.15, 0.2) is 54.6 Å². The average molecular weight is 379 g/mol. The summed E-state index contributed by atoms with van der Waals surface area (Å²) >= 11 is 0. The van der Waals surface area contributed by atoms with Crippen molar-refractivity contribution < 1.29 is 19.1 Å². The van der Waals surface area contributed by atoms with Crippen LogP contribution in [0.1, 0.15) is 18.9 Å². The van der Waals surface area contributed by atoms with Crippen LogP contribution in [0.3, 0.4) is 0 Å². The number of hydrogen-bond donors (Lipinski definition) is 3. The van der Waals surface area contributed by atoms with E-state index in [1.807, 2.05) is 30.3 Å². The van der Waals surface area contributed by atoms with E-state index in [9.17, 15) is 14.4 Å². The summed E-state index contributed by atoms with van der Waals surface area (Å²) in [6.45, 7) is 1.88. The third kappa shape index (κ3) is 5.20. The molecule has 3 rings (SSSR count). The highest BCUT2D eigenvalue weighted by molar-refractivity contribution is 5.99. The third-order valence-electron chi connectivity index (χ3n) is 4.07. The molecule has 0 saturated carbocycles. The molecular formula is C21H21N3O4. The lowest BCUT2D eigenvalue weighted by atomic mass is 10.2. The first-order valence-electron chi connectivity index (χ1n) is 8.93. The Morgan fingerprint density at radius 2 is 1.96 bits per heavy atom. The Morgan fingerprint density at radius 3 is 2.75 bits per heavy atom. The number of carbonyl (C=O) groups is 3. The number of benzene rings is 2. The van der Waals surface area contributed by atoms with E-state index >= 15 is 0 Å². The van der Waals surface area contributed by atoms with E-state index in [4.69, 9.17) is 4.74 Å². The predicted octanol–water partition coefficient (Wildman–Crippen LogP) is 2.56. The Hall–Kier alpha value is -3.61. The highest BCUT2D eigenvalue weighted by atomic mass is 16.5. The summed E-state index contributed by atoms with van der Waals surface area (Å²) in [5.41, 5.74) is 1.98. The molecule has 0 bridgehead atoms. The molecule has 0 spiro atoms. The van der Waals surface area contributed by atoms with Crippen LogP contribution in [-0.4, -0.2) is 30.4 Å². The van der Waals surface area contributed by atoms with Crippen LogP contribution < -0.4 is 20.7 Å². The number of amides is 3. The summed E-state index contributed by atoms with van der Waals surface area (Å²) in [6.07, 6.45) is 2.72. The number of fused-ring (bicyclic) bond motifs is 1. The molecule has 2 aromatic carbocycles. The molecule has 0 radical (unpaired) electrons. The van der Waals surface area contributed by atoms with Gasteiger partial charge in [0.25, 0.3) is 5.91 Å². The smallest absolute Gasteiger partial charge is 0.265 e. The molecule has 7 nitrogen and oxygen atoms in total. The predicted molar refractivity (Wildman–Crippen MR) is 107 cm³/mol. The molecule has 144 valence electrons. The number of nitrogens with one attached hydrogen (secondary N) is 3. The fraction of sp³-hybridized carbons (Fsp3) is 0.190. The number of hydrogen-bond acceptors (Lipinski definition) is 4. The Labute approximate surface area is 162 Å². The molecule has 2 aromatic rings. The van der Waals surface area contributed by atoms with Gasteiger partial charge < -0.3 is 20.7 Å². The van der Waals surface area contributed by atoms with E-state index in [0.29, 0.717) is 17.1 Å². The minimum Gasteiger partial charge on any atom is -0.479 e. The molecule has 7 heteroatoms. The van der Waals surface area contributed by atoms with Crippen LogP contribution in [0.4, 0.5) is 11.4 Å². The molecule has 1 aliphatic heterocycles. The van der Waals surface area contributed by atoms with Gasteiger partial charge in [0.15, 0.2) is 6.10 Å². The first-order valence-corrected chi connectivity index (χ1v) is 8.93. The molecule has 0 saturated heterocycles. The van der Waals surface area contributed by atoms with Gasteiger partial charge in [-0.25, -0.2) is 0 Å². The topological polar surface area (TPSA) is 96.5 Å². The zero-order chi connectivity index (χ0) is 19.9. The van der Waals surface area contributed by atoms with Crippen molar-refractivity contribution in [2.24, 2.45) is 0 Å². The molecule has 1 heterocycles. The van der Waals surface area contributed by atoms with Crippen LogP contribution in [0.5, 0.6) is 5.75 Å². The maximum atomic E-state index is 12.1. The number of ether oxygens (including phenoxy) is 1. The lowest BCUT2D eigenvalue weighted by Gasteiger charge is -2.23. The van der Waals surface area contributed by atoms with Gasteiger partial charge in [-0.1, -0.05) is 30.3 Å². The molecule has 1 aliphatic rings. The molecule has 0 aromatic heterocycles. The second kappa shape index (κ2) is 8.85. The Balaban J connectivity index is 1.45. The summed E-state index contributed by atoms with van der Waals surface area (Å²) in [5.74, 6) is -0.187. The van der Waals surface area contributed by atoms with Crippen LogP contribution in [0, 0.1) is 0 Å². The number of rotatable bonds is 6. The molecule has 0 aliphatic carbocycles. The molecule has 1 atom stereocenters. The minimum absolute atomic E-state index is 0.127. The maximum Gasteiger partial charge on any atom is 0.265 e. The average Bonchev–Trinajstić information content (AvgIpc) is 2.68. The van der Waals surface area contributed by atoms with E-state index < -0.39 is 6.10 Å².